The molecule has 2 heterocycles. The molecule has 100 valence electrons. The van der Waals surface area contributed by atoms with Crippen molar-refractivity contribution in [1.82, 2.24) is 9.97 Å². The Labute approximate surface area is 122 Å². The van der Waals surface area contributed by atoms with E-state index in [1.54, 1.807) is 24.3 Å². The highest BCUT2D eigenvalue weighted by molar-refractivity contribution is 6.30. The second kappa shape index (κ2) is 7.08. The summed E-state index contributed by atoms with van der Waals surface area (Å²) in [5.74, 6) is 0.308. The number of aromatic nitrogens is 2. The van der Waals surface area contributed by atoms with Gasteiger partial charge in [-0.15, -0.1) is 0 Å². The van der Waals surface area contributed by atoms with Gasteiger partial charge in [-0.25, -0.2) is 9.97 Å². The van der Waals surface area contributed by atoms with Crippen molar-refractivity contribution in [2.24, 2.45) is 0 Å². The highest BCUT2D eigenvalue weighted by Crippen LogP contribution is 2.11. The van der Waals surface area contributed by atoms with Crippen LogP contribution in [0.3, 0.4) is 0 Å². The summed E-state index contributed by atoms with van der Waals surface area (Å²) < 4.78 is 0. The number of nitrogens with two attached hydrogens (primary N) is 1. The molecule has 0 fully saturated rings. The summed E-state index contributed by atoms with van der Waals surface area (Å²) in [6, 6.07) is 10.7. The normalized spacial score (nSPS) is 8.85. The number of halogens is 1. The third-order valence-electron chi connectivity index (χ3n) is 2.29. The first kappa shape index (κ1) is 15.4. The van der Waals surface area contributed by atoms with Crippen LogP contribution in [0.2, 0.25) is 5.15 Å². The zero-order chi connectivity index (χ0) is 15.1. The summed E-state index contributed by atoms with van der Waals surface area (Å²) in [5.41, 5.74) is 7.91. The van der Waals surface area contributed by atoms with E-state index >= 15 is 0 Å². The molecule has 2 aromatic rings. The number of hydrogen-bond donors (Lipinski definition) is 1. The average molecular weight is 286 g/mol. The van der Waals surface area contributed by atoms with Crippen LogP contribution in [0.15, 0.2) is 24.3 Å². The molecule has 0 saturated carbocycles. The molecule has 0 spiro atoms. The van der Waals surface area contributed by atoms with E-state index in [0.717, 1.165) is 11.4 Å². The van der Waals surface area contributed by atoms with Crippen molar-refractivity contribution in [2.45, 2.75) is 13.8 Å². The van der Waals surface area contributed by atoms with Gasteiger partial charge in [0.05, 0.1) is 11.1 Å². The second-order valence-corrected chi connectivity index (χ2v) is 4.26. The van der Waals surface area contributed by atoms with E-state index in [-0.39, 0.29) is 5.15 Å². The fourth-order valence-electron chi connectivity index (χ4n) is 1.28. The molecule has 5 nitrogen and oxygen atoms in total. The van der Waals surface area contributed by atoms with Gasteiger partial charge in [0.2, 0.25) is 0 Å². The number of anilines is 1. The molecule has 0 bridgehead atoms. The van der Waals surface area contributed by atoms with E-state index in [0.29, 0.717) is 16.9 Å². The first-order valence-electron chi connectivity index (χ1n) is 5.64. The number of nitriles is 2. The minimum atomic E-state index is 0.280. The molecule has 0 amide bonds. The summed E-state index contributed by atoms with van der Waals surface area (Å²) in [5, 5.41) is 17.2. The number of aryl methyl sites for hydroxylation is 2. The van der Waals surface area contributed by atoms with E-state index in [9.17, 15) is 0 Å². The van der Waals surface area contributed by atoms with Crippen molar-refractivity contribution in [2.75, 3.05) is 5.73 Å². The Morgan fingerprint density at radius 2 is 1.45 bits per heavy atom. The number of rotatable bonds is 0. The SMILES string of the molecule is Cc1ccc(C#N)c(Cl)n1.Cc1ccc(C#N)c(N)n1. The minimum absolute atomic E-state index is 0.280. The van der Waals surface area contributed by atoms with Gasteiger partial charge in [-0.05, 0) is 38.1 Å². The highest BCUT2D eigenvalue weighted by Gasteiger charge is 1.98. The third-order valence-corrected chi connectivity index (χ3v) is 2.58. The summed E-state index contributed by atoms with van der Waals surface area (Å²) in [6.45, 7) is 3.66. The third kappa shape index (κ3) is 4.24. The van der Waals surface area contributed by atoms with Crippen molar-refractivity contribution in [3.63, 3.8) is 0 Å². The molecule has 0 radical (unpaired) electrons. The van der Waals surface area contributed by atoms with Crippen molar-refractivity contribution < 1.29 is 0 Å². The first-order chi connectivity index (χ1) is 9.47. The van der Waals surface area contributed by atoms with Gasteiger partial charge in [0.15, 0.2) is 0 Å². The number of hydrogen-bond acceptors (Lipinski definition) is 5. The van der Waals surface area contributed by atoms with E-state index in [2.05, 4.69) is 9.97 Å². The molecule has 2 N–H and O–H groups in total. The topological polar surface area (TPSA) is 99.4 Å². The van der Waals surface area contributed by atoms with Crippen LogP contribution in [0.4, 0.5) is 5.82 Å². The molecule has 6 heteroatoms. The van der Waals surface area contributed by atoms with E-state index in [4.69, 9.17) is 27.9 Å². The molecule has 0 aliphatic carbocycles. The number of nitrogens with zero attached hydrogens (tertiary/aromatic N) is 4. The predicted octanol–water partition coefficient (Wildman–Crippen LogP) is 2.76. The Morgan fingerprint density at radius 3 is 1.90 bits per heavy atom. The molecule has 20 heavy (non-hydrogen) atoms. The molecule has 0 aliphatic rings. The summed E-state index contributed by atoms with van der Waals surface area (Å²) in [6.07, 6.45) is 0. The highest BCUT2D eigenvalue weighted by atomic mass is 35.5. The number of pyridine rings is 2. The Balaban J connectivity index is 0.000000200. The van der Waals surface area contributed by atoms with Gasteiger partial charge in [0.1, 0.15) is 23.1 Å². The van der Waals surface area contributed by atoms with Gasteiger partial charge < -0.3 is 5.73 Å². The van der Waals surface area contributed by atoms with Crippen LogP contribution in [0.1, 0.15) is 22.5 Å². The molecule has 0 unspecified atom stereocenters. The molecule has 0 aromatic carbocycles. The van der Waals surface area contributed by atoms with E-state index in [1.807, 2.05) is 26.0 Å². The standard InChI is InChI=1S/C7H5ClN2.C7H7N3/c1-5-2-3-6(4-9)7(8)10-5;1-5-2-3-6(4-8)7(9)10-5/h2-3H,1H3;2-3H,1H3,(H2,9,10). The quantitative estimate of drug-likeness (QED) is 0.750. The molecule has 0 atom stereocenters. The summed E-state index contributed by atoms with van der Waals surface area (Å²) >= 11 is 5.60. The van der Waals surface area contributed by atoms with Gasteiger partial charge in [-0.1, -0.05) is 11.6 Å². The lowest BCUT2D eigenvalue weighted by atomic mass is 10.2. The zero-order valence-electron chi connectivity index (χ0n) is 11.1. The van der Waals surface area contributed by atoms with Gasteiger partial charge in [0.25, 0.3) is 0 Å². The lowest BCUT2D eigenvalue weighted by Gasteiger charge is -1.95. The van der Waals surface area contributed by atoms with E-state index in [1.165, 1.54) is 0 Å². The molecular weight excluding hydrogens is 274 g/mol. The van der Waals surface area contributed by atoms with Crippen molar-refractivity contribution in [1.29, 1.82) is 10.5 Å². The zero-order valence-corrected chi connectivity index (χ0v) is 11.8. The van der Waals surface area contributed by atoms with Crippen LogP contribution < -0.4 is 5.73 Å². The van der Waals surface area contributed by atoms with Crippen LogP contribution in [-0.2, 0) is 0 Å². The fraction of sp³-hybridized carbons (Fsp3) is 0.143. The van der Waals surface area contributed by atoms with Crippen LogP contribution >= 0.6 is 11.6 Å². The molecule has 2 aromatic heterocycles. The minimum Gasteiger partial charge on any atom is -0.383 e. The predicted molar refractivity (Wildman–Crippen MR) is 76.8 cm³/mol. The number of nitrogen functional groups attached to an aromatic ring is 1. The van der Waals surface area contributed by atoms with Crippen LogP contribution in [-0.4, -0.2) is 9.97 Å². The Bertz CT molecular complexity index is 636. The average Bonchev–Trinajstić information content (AvgIpc) is 2.40. The van der Waals surface area contributed by atoms with Gasteiger partial charge in [-0.2, -0.15) is 10.5 Å². The van der Waals surface area contributed by atoms with E-state index < -0.39 is 0 Å². The second-order valence-electron chi connectivity index (χ2n) is 3.90. The maximum atomic E-state index is 8.44. The lowest BCUT2D eigenvalue weighted by molar-refractivity contribution is 1.19. The van der Waals surface area contributed by atoms with Gasteiger partial charge in [-0.3, -0.25) is 0 Å². The Kier molecular flexibility index (Phi) is 5.46. The van der Waals surface area contributed by atoms with Crippen LogP contribution in [0.5, 0.6) is 0 Å². The molecule has 0 saturated heterocycles. The van der Waals surface area contributed by atoms with Crippen molar-refractivity contribution >= 4 is 17.4 Å². The summed E-state index contributed by atoms with van der Waals surface area (Å²) in [4.78, 5) is 7.79. The molecule has 2 rings (SSSR count). The summed E-state index contributed by atoms with van der Waals surface area (Å²) in [7, 11) is 0. The smallest absolute Gasteiger partial charge is 0.147 e. The monoisotopic (exact) mass is 285 g/mol. The maximum Gasteiger partial charge on any atom is 0.147 e. The Hall–Kier alpha value is -2.63. The van der Waals surface area contributed by atoms with Gasteiger partial charge >= 0.3 is 0 Å². The lowest BCUT2D eigenvalue weighted by Crippen LogP contribution is -1.95. The van der Waals surface area contributed by atoms with Crippen LogP contribution in [0, 0.1) is 36.5 Å². The Morgan fingerprint density at radius 1 is 0.950 bits per heavy atom. The van der Waals surface area contributed by atoms with Gasteiger partial charge in [0, 0.05) is 11.4 Å². The molecule has 0 aliphatic heterocycles. The largest absolute Gasteiger partial charge is 0.383 e. The van der Waals surface area contributed by atoms with Crippen molar-refractivity contribution in [3.8, 4) is 12.1 Å². The maximum absolute atomic E-state index is 8.44. The van der Waals surface area contributed by atoms with Crippen LogP contribution in [0.25, 0.3) is 0 Å². The fourth-order valence-corrected chi connectivity index (χ4v) is 1.52. The molecular formula is C14H12ClN5. The first-order valence-corrected chi connectivity index (χ1v) is 6.02. The van der Waals surface area contributed by atoms with Crippen molar-refractivity contribution in [3.05, 3.63) is 51.9 Å².